The van der Waals surface area contributed by atoms with Crippen molar-refractivity contribution in [1.29, 1.82) is 0 Å². The van der Waals surface area contributed by atoms with E-state index in [-0.39, 0.29) is 11.3 Å². The van der Waals surface area contributed by atoms with E-state index >= 15 is 0 Å². The van der Waals surface area contributed by atoms with Crippen LogP contribution in [-0.4, -0.2) is 25.6 Å². The third-order valence-corrected chi connectivity index (χ3v) is 3.13. The fraction of sp³-hybridized carbons (Fsp3) is 0.0667. The van der Waals surface area contributed by atoms with Gasteiger partial charge in [0.2, 0.25) is 0 Å². The maximum absolute atomic E-state index is 11.2. The highest BCUT2D eigenvalue weighted by atomic mass is 16.4. The number of carbonyl (C=O) groups is 1. The number of fused-ring (bicyclic) bond motifs is 1. The predicted molar refractivity (Wildman–Crippen MR) is 79.2 cm³/mol. The summed E-state index contributed by atoms with van der Waals surface area (Å²) in [5.74, 6) is -0.431. The number of aromatic carboxylic acids is 1. The number of phenols is 1. The molecule has 1 aromatic carbocycles. The van der Waals surface area contributed by atoms with Crippen LogP contribution in [0.1, 0.15) is 16.1 Å². The maximum atomic E-state index is 11.2. The monoisotopic (exact) mass is 296 g/mol. The number of carboxylic acid groups (broad SMARTS) is 1. The second-order valence-corrected chi connectivity index (χ2v) is 4.66. The highest BCUT2D eigenvalue weighted by Gasteiger charge is 2.15. The molecule has 0 aliphatic carbocycles. The summed E-state index contributed by atoms with van der Waals surface area (Å²) >= 11 is 0. The zero-order valence-electron chi connectivity index (χ0n) is 11.6. The molecule has 0 atom stereocenters. The van der Waals surface area contributed by atoms with Crippen LogP contribution in [0, 0.1) is 6.92 Å². The maximum Gasteiger partial charge on any atom is 0.339 e. The van der Waals surface area contributed by atoms with E-state index in [9.17, 15) is 15.0 Å². The molecule has 0 unspecified atom stereocenters. The van der Waals surface area contributed by atoms with Crippen LogP contribution in [0.5, 0.6) is 5.75 Å². The molecule has 0 radical (unpaired) electrons. The third kappa shape index (κ3) is 2.39. The Bertz CT molecular complexity index is 882. The van der Waals surface area contributed by atoms with Crippen molar-refractivity contribution in [3.05, 3.63) is 53.9 Å². The lowest BCUT2D eigenvalue weighted by atomic mass is 10.3. The van der Waals surface area contributed by atoms with E-state index in [2.05, 4.69) is 15.2 Å². The Balaban J connectivity index is 2.07. The second kappa shape index (κ2) is 5.28. The number of hydrogen-bond acceptors (Lipinski definition) is 5. The van der Waals surface area contributed by atoms with Crippen molar-refractivity contribution < 1.29 is 15.0 Å². The first kappa shape index (κ1) is 13.7. The molecular weight excluding hydrogens is 284 g/mol. The Hall–Kier alpha value is -3.22. The van der Waals surface area contributed by atoms with E-state index in [0.29, 0.717) is 22.8 Å². The molecule has 0 saturated carbocycles. The first-order chi connectivity index (χ1) is 10.6. The lowest BCUT2D eigenvalue weighted by Gasteiger charge is -1.99. The summed E-state index contributed by atoms with van der Waals surface area (Å²) in [6.07, 6.45) is 1.69. The van der Waals surface area contributed by atoms with Gasteiger partial charge in [-0.05, 0) is 43.3 Å². The Morgan fingerprint density at radius 2 is 1.91 bits per heavy atom. The van der Waals surface area contributed by atoms with Crippen LogP contribution in [0.15, 0.2) is 52.8 Å². The van der Waals surface area contributed by atoms with Gasteiger partial charge < -0.3 is 10.2 Å². The summed E-state index contributed by atoms with van der Waals surface area (Å²) in [6, 6.07) is 9.39. The molecule has 0 amide bonds. The first-order valence-corrected chi connectivity index (χ1v) is 6.48. The van der Waals surface area contributed by atoms with E-state index < -0.39 is 5.97 Å². The van der Waals surface area contributed by atoms with Gasteiger partial charge in [0.25, 0.3) is 0 Å². The SMILES string of the molecule is Cc1nc2c(C(=O)O)cccn2c1N=Nc1ccc(O)cc1. The van der Waals surface area contributed by atoms with Crippen LogP contribution in [0.4, 0.5) is 11.5 Å². The Labute approximate surface area is 125 Å². The lowest BCUT2D eigenvalue weighted by Crippen LogP contribution is -1.99. The van der Waals surface area contributed by atoms with Crippen LogP contribution in [0.25, 0.3) is 5.65 Å². The molecule has 0 aliphatic rings. The average Bonchev–Trinajstić information content (AvgIpc) is 2.82. The third-order valence-electron chi connectivity index (χ3n) is 3.13. The van der Waals surface area contributed by atoms with Gasteiger partial charge in [0.15, 0.2) is 11.5 Å². The molecule has 2 N–H and O–H groups in total. The smallest absolute Gasteiger partial charge is 0.339 e. The standard InChI is InChI=1S/C15H12N4O3/c1-9-13(18-17-10-4-6-11(20)7-5-10)19-8-2-3-12(15(21)22)14(19)16-9/h2-8,20H,1H3,(H,21,22). The quantitative estimate of drug-likeness (QED) is 0.723. The molecule has 0 spiro atoms. The lowest BCUT2D eigenvalue weighted by molar-refractivity contribution is 0.0698. The number of aryl methyl sites for hydroxylation is 1. The molecule has 3 rings (SSSR count). The predicted octanol–water partition coefficient (Wildman–Crippen LogP) is 3.46. The van der Waals surface area contributed by atoms with Crippen LogP contribution < -0.4 is 0 Å². The Morgan fingerprint density at radius 3 is 2.59 bits per heavy atom. The molecule has 2 aromatic heterocycles. The Kier molecular flexibility index (Phi) is 3.30. The highest BCUT2D eigenvalue weighted by Crippen LogP contribution is 2.25. The summed E-state index contributed by atoms with van der Waals surface area (Å²) in [5, 5.41) is 26.6. The van der Waals surface area contributed by atoms with Crippen molar-refractivity contribution in [3.8, 4) is 5.75 Å². The van der Waals surface area contributed by atoms with Crippen LogP contribution in [0.3, 0.4) is 0 Å². The zero-order chi connectivity index (χ0) is 15.7. The topological polar surface area (TPSA) is 99.5 Å². The van der Waals surface area contributed by atoms with E-state index in [4.69, 9.17) is 0 Å². The number of carboxylic acids is 1. The minimum absolute atomic E-state index is 0.108. The number of azo groups is 1. The van der Waals surface area contributed by atoms with Gasteiger partial charge >= 0.3 is 5.97 Å². The van der Waals surface area contributed by atoms with Crippen LogP contribution in [0.2, 0.25) is 0 Å². The van der Waals surface area contributed by atoms with Crippen molar-refractivity contribution >= 4 is 23.1 Å². The summed E-state index contributed by atoms with van der Waals surface area (Å²) < 4.78 is 1.59. The molecular formula is C15H12N4O3. The average molecular weight is 296 g/mol. The molecule has 22 heavy (non-hydrogen) atoms. The second-order valence-electron chi connectivity index (χ2n) is 4.66. The number of phenolic OH excluding ortho intramolecular Hbond substituents is 1. The number of nitrogens with zero attached hydrogens (tertiary/aromatic N) is 4. The van der Waals surface area contributed by atoms with Gasteiger partial charge in [0.1, 0.15) is 11.3 Å². The molecule has 7 nitrogen and oxygen atoms in total. The molecule has 0 saturated heterocycles. The van der Waals surface area contributed by atoms with Gasteiger partial charge in [-0.1, -0.05) is 0 Å². The summed E-state index contributed by atoms with van der Waals surface area (Å²) in [6.45, 7) is 1.74. The Morgan fingerprint density at radius 1 is 1.18 bits per heavy atom. The highest BCUT2D eigenvalue weighted by molar-refractivity contribution is 5.94. The normalized spacial score (nSPS) is 11.3. The van der Waals surface area contributed by atoms with Crippen LogP contribution in [-0.2, 0) is 0 Å². The fourth-order valence-electron chi connectivity index (χ4n) is 2.08. The van der Waals surface area contributed by atoms with E-state index in [1.54, 1.807) is 35.7 Å². The molecule has 7 heteroatoms. The van der Waals surface area contributed by atoms with Gasteiger partial charge in [0.05, 0.1) is 11.4 Å². The van der Waals surface area contributed by atoms with Crippen molar-refractivity contribution in [2.24, 2.45) is 10.2 Å². The minimum Gasteiger partial charge on any atom is -0.508 e. The first-order valence-electron chi connectivity index (χ1n) is 6.48. The molecule has 2 heterocycles. The minimum atomic E-state index is -1.04. The van der Waals surface area contributed by atoms with Gasteiger partial charge in [0, 0.05) is 6.20 Å². The van der Waals surface area contributed by atoms with E-state index in [1.807, 2.05) is 0 Å². The van der Waals surface area contributed by atoms with Gasteiger partial charge in [-0.15, -0.1) is 10.2 Å². The van der Waals surface area contributed by atoms with Crippen LogP contribution >= 0.6 is 0 Å². The van der Waals surface area contributed by atoms with Crippen molar-refractivity contribution in [2.45, 2.75) is 6.92 Å². The number of pyridine rings is 1. The number of hydrogen-bond donors (Lipinski definition) is 2. The number of aromatic nitrogens is 2. The zero-order valence-corrected chi connectivity index (χ0v) is 11.6. The number of aromatic hydroxyl groups is 1. The van der Waals surface area contributed by atoms with E-state index in [0.717, 1.165) is 0 Å². The molecule has 0 bridgehead atoms. The van der Waals surface area contributed by atoms with Gasteiger partial charge in [-0.2, -0.15) is 0 Å². The molecule has 110 valence electrons. The number of imidazole rings is 1. The summed E-state index contributed by atoms with van der Waals surface area (Å²) in [4.78, 5) is 15.5. The number of rotatable bonds is 3. The molecule has 3 aromatic rings. The fourth-order valence-corrected chi connectivity index (χ4v) is 2.08. The molecule has 0 fully saturated rings. The van der Waals surface area contributed by atoms with Gasteiger partial charge in [-0.3, -0.25) is 4.40 Å². The number of benzene rings is 1. The largest absolute Gasteiger partial charge is 0.508 e. The van der Waals surface area contributed by atoms with Crippen molar-refractivity contribution in [2.75, 3.05) is 0 Å². The summed E-state index contributed by atoms with van der Waals surface area (Å²) in [7, 11) is 0. The van der Waals surface area contributed by atoms with Crippen molar-refractivity contribution in [3.63, 3.8) is 0 Å². The summed E-state index contributed by atoms with van der Waals surface area (Å²) in [5.41, 5.74) is 1.58. The molecule has 0 aliphatic heterocycles. The van der Waals surface area contributed by atoms with Crippen molar-refractivity contribution in [1.82, 2.24) is 9.38 Å². The van der Waals surface area contributed by atoms with Gasteiger partial charge in [-0.25, -0.2) is 9.78 Å². The van der Waals surface area contributed by atoms with E-state index in [1.165, 1.54) is 18.2 Å².